The number of nitroso groups, excluding NO2 is 1. The van der Waals surface area contributed by atoms with E-state index in [1.807, 2.05) is 0 Å². The van der Waals surface area contributed by atoms with Crippen molar-refractivity contribution in [3.05, 3.63) is 4.91 Å². The lowest BCUT2D eigenvalue weighted by atomic mass is 12.0. The maximum Gasteiger partial charge on any atom is 0.285 e. The molecule has 0 aromatic carbocycles. The molecule has 0 aromatic heterocycles. The molecule has 0 aliphatic heterocycles. The highest BCUT2D eigenvalue weighted by molar-refractivity contribution is 7.89. The Morgan fingerprint density at radius 1 is 1.50 bits per heavy atom. The van der Waals surface area contributed by atoms with E-state index in [4.69, 9.17) is 4.91 Å². The summed E-state index contributed by atoms with van der Waals surface area (Å²) in [5.41, 5.74) is 0. The molecule has 0 aromatic rings. The van der Waals surface area contributed by atoms with Gasteiger partial charge in [-0.3, -0.25) is 0 Å². The number of nitrogens with zero attached hydrogens (tertiary/aromatic N) is 1. The van der Waals surface area contributed by atoms with E-state index >= 15 is 0 Å². The van der Waals surface area contributed by atoms with Crippen LogP contribution >= 0.6 is 0 Å². The Hall–Kier alpha value is -0.450. The topological polar surface area (TPSA) is 63.6 Å². The largest absolute Gasteiger partial charge is 0.285 e. The maximum atomic E-state index is 9.52. The number of hydrogen-bond donors (Lipinski definition) is 0. The fourth-order valence-electron chi connectivity index (χ4n) is 0. The van der Waals surface area contributed by atoms with E-state index in [9.17, 15) is 8.42 Å². The van der Waals surface area contributed by atoms with Gasteiger partial charge >= 0.3 is 0 Å². The first-order chi connectivity index (χ1) is 2.56. The Morgan fingerprint density at radius 2 is 1.67 bits per heavy atom. The minimum absolute atomic E-state index is 0.736. The summed E-state index contributed by atoms with van der Waals surface area (Å²) < 4.78 is 20.8. The summed E-state index contributed by atoms with van der Waals surface area (Å²) in [5, 5.41) is 0. The third-order valence-corrected chi connectivity index (χ3v) is 0.406. The molecule has 0 spiro atoms. The van der Waals surface area contributed by atoms with Crippen LogP contribution in [0.1, 0.15) is 0 Å². The molecule has 0 fully saturated rings. The first kappa shape index (κ1) is 5.55. The van der Waals surface area contributed by atoms with E-state index < -0.39 is 10.0 Å². The third-order valence-electron chi connectivity index (χ3n) is 0.135. The van der Waals surface area contributed by atoms with Crippen LogP contribution in [0.3, 0.4) is 0 Å². The number of hydrogen-bond acceptors (Lipinski definition) is 3. The van der Waals surface area contributed by atoms with Crippen LogP contribution in [0.2, 0.25) is 0 Å². The Morgan fingerprint density at radius 3 is 1.67 bits per heavy atom. The highest BCUT2D eigenvalue weighted by atomic mass is 32.2. The molecule has 0 rings (SSSR count). The SMILES string of the molecule is CS(=O)(=O)N=O. The van der Waals surface area contributed by atoms with Crippen molar-refractivity contribution in [2.45, 2.75) is 0 Å². The predicted molar refractivity (Wildman–Crippen MR) is 20.6 cm³/mol. The van der Waals surface area contributed by atoms with Crippen molar-refractivity contribution >= 4 is 10.0 Å². The van der Waals surface area contributed by atoms with Crippen LogP contribution in [-0.2, 0) is 10.0 Å². The van der Waals surface area contributed by atoms with Crippen molar-refractivity contribution in [2.75, 3.05) is 6.26 Å². The Labute approximate surface area is 35.2 Å². The van der Waals surface area contributed by atoms with Gasteiger partial charge in [0, 0.05) is 0 Å². The fraction of sp³-hybridized carbons (Fsp3) is 1.00. The van der Waals surface area contributed by atoms with Crippen LogP contribution in [0.5, 0.6) is 0 Å². The van der Waals surface area contributed by atoms with Crippen LogP contribution in [0.15, 0.2) is 4.58 Å². The molecule has 0 unspecified atom stereocenters. The average Bonchev–Trinajstić information content (AvgIpc) is 1.35. The van der Waals surface area contributed by atoms with Gasteiger partial charge in [-0.1, -0.05) is 0 Å². The standard InChI is InChI=1S/CH3NO3S/c1-6(4,5)2-3/h1H3. The molecule has 36 valence electrons. The molecule has 0 aliphatic carbocycles. The van der Waals surface area contributed by atoms with Gasteiger partial charge in [-0.25, -0.2) is 8.42 Å². The number of sulfonamides is 1. The first-order valence-corrected chi connectivity index (χ1v) is 2.96. The van der Waals surface area contributed by atoms with Gasteiger partial charge in [0.2, 0.25) is 0 Å². The molecule has 0 bridgehead atoms. The zero-order valence-corrected chi connectivity index (χ0v) is 3.90. The minimum Gasteiger partial charge on any atom is -0.202 e. The van der Waals surface area contributed by atoms with Gasteiger partial charge in [-0.05, 0) is 0 Å². The Kier molecular flexibility index (Phi) is 1.24. The van der Waals surface area contributed by atoms with Crippen molar-refractivity contribution in [1.82, 2.24) is 0 Å². The van der Waals surface area contributed by atoms with Crippen molar-refractivity contribution < 1.29 is 8.42 Å². The van der Waals surface area contributed by atoms with Crippen LogP contribution in [0.4, 0.5) is 0 Å². The molecule has 6 heavy (non-hydrogen) atoms. The zero-order valence-electron chi connectivity index (χ0n) is 3.08. The van der Waals surface area contributed by atoms with Gasteiger partial charge in [-0.15, -0.1) is 4.91 Å². The van der Waals surface area contributed by atoms with Gasteiger partial charge in [0.05, 0.1) is 10.8 Å². The fourth-order valence-corrected chi connectivity index (χ4v) is 0. The van der Waals surface area contributed by atoms with Gasteiger partial charge in [0.25, 0.3) is 10.0 Å². The van der Waals surface area contributed by atoms with E-state index in [1.165, 1.54) is 0 Å². The van der Waals surface area contributed by atoms with Gasteiger partial charge in [0.1, 0.15) is 0 Å². The van der Waals surface area contributed by atoms with Crippen molar-refractivity contribution in [1.29, 1.82) is 0 Å². The second-order valence-corrected chi connectivity index (χ2v) is 2.42. The quantitative estimate of drug-likeness (QED) is 0.435. The second kappa shape index (κ2) is 1.34. The first-order valence-electron chi connectivity index (χ1n) is 1.11. The van der Waals surface area contributed by atoms with E-state index in [1.54, 1.807) is 4.58 Å². The zero-order chi connectivity index (χ0) is 5.21. The predicted octanol–water partition coefficient (Wildman–Crippen LogP) is -0.288. The molecular weight excluding hydrogens is 106 g/mol. The summed E-state index contributed by atoms with van der Waals surface area (Å²) in [6, 6.07) is 0. The second-order valence-electron chi connectivity index (χ2n) is 0.808. The molecule has 0 saturated heterocycles. The van der Waals surface area contributed by atoms with Crippen LogP contribution in [-0.4, -0.2) is 14.7 Å². The van der Waals surface area contributed by atoms with Crippen LogP contribution in [0, 0.1) is 4.91 Å². The lowest BCUT2D eigenvalue weighted by molar-refractivity contribution is 0.603. The van der Waals surface area contributed by atoms with E-state index in [0.29, 0.717) is 0 Å². The lowest BCUT2D eigenvalue weighted by Crippen LogP contribution is -1.84. The van der Waals surface area contributed by atoms with Crippen molar-refractivity contribution in [3.8, 4) is 0 Å². The lowest BCUT2D eigenvalue weighted by Gasteiger charge is -1.67. The molecule has 0 amide bonds. The molecule has 0 atom stereocenters. The van der Waals surface area contributed by atoms with Gasteiger partial charge < -0.3 is 0 Å². The molecule has 0 saturated carbocycles. The highest BCUT2D eigenvalue weighted by Crippen LogP contribution is 1.76. The molecule has 0 heterocycles. The number of rotatable bonds is 1. The summed E-state index contributed by atoms with van der Waals surface area (Å²) in [4.78, 5) is 8.99. The third kappa shape index (κ3) is 3.55. The Bertz CT molecular complexity index is 121. The summed E-state index contributed by atoms with van der Waals surface area (Å²) >= 11 is 0. The molecule has 4 nitrogen and oxygen atoms in total. The van der Waals surface area contributed by atoms with E-state index in [0.717, 1.165) is 6.26 Å². The monoisotopic (exact) mass is 109 g/mol. The van der Waals surface area contributed by atoms with E-state index in [2.05, 4.69) is 0 Å². The summed E-state index contributed by atoms with van der Waals surface area (Å²) in [6.07, 6.45) is 0.736. The van der Waals surface area contributed by atoms with Crippen molar-refractivity contribution in [3.63, 3.8) is 0 Å². The maximum absolute atomic E-state index is 9.52. The molecule has 5 heteroatoms. The highest BCUT2D eigenvalue weighted by Gasteiger charge is 1.92. The minimum atomic E-state index is -3.59. The normalized spacial score (nSPS) is 10.8. The van der Waals surface area contributed by atoms with Gasteiger partial charge in [-0.2, -0.15) is 0 Å². The molecule has 0 aliphatic rings. The smallest absolute Gasteiger partial charge is 0.202 e. The van der Waals surface area contributed by atoms with Gasteiger partial charge in [0.15, 0.2) is 0 Å². The summed E-state index contributed by atoms with van der Waals surface area (Å²) in [6.45, 7) is 0. The van der Waals surface area contributed by atoms with Crippen LogP contribution < -0.4 is 0 Å². The summed E-state index contributed by atoms with van der Waals surface area (Å²) in [7, 11) is -3.59. The Balaban J connectivity index is 4.25. The molecular formula is CH3NO3S. The molecule has 0 N–H and O–H groups in total. The van der Waals surface area contributed by atoms with E-state index in [-0.39, 0.29) is 0 Å². The van der Waals surface area contributed by atoms with Crippen molar-refractivity contribution in [2.24, 2.45) is 4.58 Å². The molecule has 0 radical (unpaired) electrons. The average molecular weight is 109 g/mol. The summed E-state index contributed by atoms with van der Waals surface area (Å²) in [5.74, 6) is 0. The van der Waals surface area contributed by atoms with Crippen LogP contribution in [0.25, 0.3) is 0 Å².